The Morgan fingerprint density at radius 1 is 0.464 bits per heavy atom. The van der Waals surface area contributed by atoms with Gasteiger partial charge in [-0.2, -0.15) is 0 Å². The minimum Gasteiger partial charge on any atom is -0.496 e. The first-order valence-electron chi connectivity index (χ1n) is 9.08. The Kier molecular flexibility index (Phi) is 5.78. The number of methoxy groups -OCH3 is 4. The van der Waals surface area contributed by atoms with Gasteiger partial charge in [0.15, 0.2) is 0 Å². The summed E-state index contributed by atoms with van der Waals surface area (Å²) in [7, 11) is 6.72. The molecule has 4 nitrogen and oxygen atoms in total. The predicted octanol–water partition coefficient (Wildman–Crippen LogP) is 5.67. The fraction of sp³-hybridized carbons (Fsp3) is 0.250. The first kappa shape index (κ1) is 19.6. The smallest absolute Gasteiger partial charge is 0.127 e. The molecule has 0 saturated heterocycles. The Bertz CT molecular complexity index is 894. The van der Waals surface area contributed by atoms with Crippen molar-refractivity contribution in [3.8, 4) is 45.3 Å². The van der Waals surface area contributed by atoms with Crippen molar-refractivity contribution >= 4 is 0 Å². The number of hydrogen-bond donors (Lipinski definition) is 0. The average molecular weight is 378 g/mol. The summed E-state index contributed by atoms with van der Waals surface area (Å²) in [5.74, 6) is 3.32. The van der Waals surface area contributed by atoms with Crippen LogP contribution < -0.4 is 18.9 Å². The molecule has 3 aromatic carbocycles. The molecule has 0 aliphatic carbocycles. The second-order valence-electron chi connectivity index (χ2n) is 6.62. The van der Waals surface area contributed by atoms with E-state index in [1.807, 2.05) is 38.1 Å². The molecule has 0 bridgehead atoms. The summed E-state index contributed by atoms with van der Waals surface area (Å²) < 4.78 is 22.1. The lowest BCUT2D eigenvalue weighted by Gasteiger charge is -2.15. The van der Waals surface area contributed by atoms with Crippen LogP contribution in [0.15, 0.2) is 48.5 Å². The first-order chi connectivity index (χ1) is 13.5. The average Bonchev–Trinajstić information content (AvgIpc) is 2.73. The molecule has 28 heavy (non-hydrogen) atoms. The second kappa shape index (κ2) is 8.26. The second-order valence-corrected chi connectivity index (χ2v) is 6.62. The van der Waals surface area contributed by atoms with Crippen molar-refractivity contribution in [2.24, 2.45) is 0 Å². The third kappa shape index (κ3) is 3.63. The minimum atomic E-state index is 0.820. The number of hydrogen-bond acceptors (Lipinski definition) is 4. The van der Waals surface area contributed by atoms with Gasteiger partial charge in [0.25, 0.3) is 0 Å². The van der Waals surface area contributed by atoms with E-state index in [4.69, 9.17) is 18.9 Å². The van der Waals surface area contributed by atoms with Crippen LogP contribution >= 0.6 is 0 Å². The van der Waals surface area contributed by atoms with Gasteiger partial charge in [-0.25, -0.2) is 0 Å². The molecule has 0 aliphatic heterocycles. The number of aryl methyl sites for hydroxylation is 2. The third-order valence-corrected chi connectivity index (χ3v) is 4.94. The number of ether oxygens (including phenoxy) is 4. The highest BCUT2D eigenvalue weighted by molar-refractivity contribution is 5.78. The molecule has 0 atom stereocenters. The molecule has 0 unspecified atom stereocenters. The molecule has 0 spiro atoms. The summed E-state index contributed by atoms with van der Waals surface area (Å²) in [5.41, 5.74) is 6.16. The van der Waals surface area contributed by atoms with E-state index in [9.17, 15) is 0 Å². The molecule has 0 aromatic heterocycles. The monoisotopic (exact) mass is 378 g/mol. The topological polar surface area (TPSA) is 36.9 Å². The molecule has 0 radical (unpaired) electrons. The van der Waals surface area contributed by atoms with Crippen molar-refractivity contribution in [3.63, 3.8) is 0 Å². The zero-order valence-corrected chi connectivity index (χ0v) is 17.3. The Morgan fingerprint density at radius 2 is 0.786 bits per heavy atom. The maximum absolute atomic E-state index is 5.58. The van der Waals surface area contributed by atoms with Gasteiger partial charge in [-0.3, -0.25) is 0 Å². The lowest BCUT2D eigenvalue weighted by molar-refractivity contribution is 0.401. The molecule has 0 heterocycles. The van der Waals surface area contributed by atoms with Gasteiger partial charge in [-0.05, 0) is 60.4 Å². The molecular formula is C24H26O4. The quantitative estimate of drug-likeness (QED) is 0.554. The summed E-state index contributed by atoms with van der Waals surface area (Å²) in [6, 6.07) is 16.3. The van der Waals surface area contributed by atoms with Gasteiger partial charge in [0.05, 0.1) is 28.4 Å². The lowest BCUT2D eigenvalue weighted by Crippen LogP contribution is -1.94. The van der Waals surface area contributed by atoms with Crippen LogP contribution in [0.5, 0.6) is 23.0 Å². The van der Waals surface area contributed by atoms with Crippen LogP contribution in [0.1, 0.15) is 11.1 Å². The summed E-state index contributed by atoms with van der Waals surface area (Å²) in [6.45, 7) is 4.01. The SMILES string of the molecule is COc1cc(-c2ccc(-c3cc(OC)c(C)cc3OC)cc2)c(OC)cc1C. The summed E-state index contributed by atoms with van der Waals surface area (Å²) in [4.78, 5) is 0. The van der Waals surface area contributed by atoms with Gasteiger partial charge in [-0.15, -0.1) is 0 Å². The number of benzene rings is 3. The van der Waals surface area contributed by atoms with E-state index in [0.717, 1.165) is 56.4 Å². The Balaban J connectivity index is 2.06. The highest BCUT2D eigenvalue weighted by Crippen LogP contribution is 2.39. The maximum atomic E-state index is 5.58. The third-order valence-electron chi connectivity index (χ3n) is 4.94. The van der Waals surface area contributed by atoms with Crippen LogP contribution in [-0.4, -0.2) is 28.4 Å². The van der Waals surface area contributed by atoms with Crippen LogP contribution in [-0.2, 0) is 0 Å². The Morgan fingerprint density at radius 3 is 1.07 bits per heavy atom. The number of rotatable bonds is 6. The molecule has 0 N–H and O–H groups in total. The van der Waals surface area contributed by atoms with E-state index in [2.05, 4.69) is 24.3 Å². The molecule has 3 aromatic rings. The molecule has 0 fully saturated rings. The van der Waals surface area contributed by atoms with Crippen LogP contribution in [0.3, 0.4) is 0 Å². The largest absolute Gasteiger partial charge is 0.496 e. The van der Waals surface area contributed by atoms with E-state index in [-0.39, 0.29) is 0 Å². The van der Waals surface area contributed by atoms with Crippen LogP contribution in [0.25, 0.3) is 22.3 Å². The maximum Gasteiger partial charge on any atom is 0.127 e. The summed E-state index contributed by atoms with van der Waals surface area (Å²) in [5, 5.41) is 0. The van der Waals surface area contributed by atoms with Gasteiger partial charge < -0.3 is 18.9 Å². The van der Waals surface area contributed by atoms with E-state index >= 15 is 0 Å². The van der Waals surface area contributed by atoms with Crippen LogP contribution in [0.2, 0.25) is 0 Å². The van der Waals surface area contributed by atoms with E-state index < -0.39 is 0 Å². The van der Waals surface area contributed by atoms with Crippen LogP contribution in [0.4, 0.5) is 0 Å². The molecule has 0 aliphatic rings. The van der Waals surface area contributed by atoms with Crippen molar-refractivity contribution in [2.75, 3.05) is 28.4 Å². The molecular weight excluding hydrogens is 352 g/mol. The van der Waals surface area contributed by atoms with Crippen molar-refractivity contribution in [1.82, 2.24) is 0 Å². The van der Waals surface area contributed by atoms with Crippen molar-refractivity contribution in [2.45, 2.75) is 13.8 Å². The van der Waals surface area contributed by atoms with Crippen LogP contribution in [0, 0.1) is 13.8 Å². The molecule has 146 valence electrons. The van der Waals surface area contributed by atoms with Gasteiger partial charge in [0.1, 0.15) is 23.0 Å². The Labute approximate surface area is 166 Å². The summed E-state index contributed by atoms with van der Waals surface area (Å²) >= 11 is 0. The molecule has 4 heteroatoms. The zero-order chi connectivity index (χ0) is 20.3. The van der Waals surface area contributed by atoms with Crippen molar-refractivity contribution < 1.29 is 18.9 Å². The highest BCUT2D eigenvalue weighted by atomic mass is 16.5. The molecule has 0 saturated carbocycles. The lowest BCUT2D eigenvalue weighted by atomic mass is 9.97. The van der Waals surface area contributed by atoms with E-state index in [0.29, 0.717) is 0 Å². The van der Waals surface area contributed by atoms with E-state index in [1.165, 1.54) is 0 Å². The van der Waals surface area contributed by atoms with Crippen molar-refractivity contribution in [1.29, 1.82) is 0 Å². The van der Waals surface area contributed by atoms with Gasteiger partial charge in [0.2, 0.25) is 0 Å². The van der Waals surface area contributed by atoms with Gasteiger partial charge in [-0.1, -0.05) is 24.3 Å². The highest BCUT2D eigenvalue weighted by Gasteiger charge is 2.13. The standard InChI is InChI=1S/C24H26O4/c1-15-11-23(27-5)19(13-21(15)25-3)17-7-9-18(10-8-17)20-14-22(26-4)16(2)12-24(20)28-6/h7-14H,1-6H3. The first-order valence-corrected chi connectivity index (χ1v) is 9.08. The van der Waals surface area contributed by atoms with Gasteiger partial charge >= 0.3 is 0 Å². The summed E-state index contributed by atoms with van der Waals surface area (Å²) in [6.07, 6.45) is 0. The van der Waals surface area contributed by atoms with E-state index in [1.54, 1.807) is 28.4 Å². The minimum absolute atomic E-state index is 0.820. The molecule has 0 amide bonds. The fourth-order valence-corrected chi connectivity index (χ4v) is 3.38. The molecule has 3 rings (SSSR count). The normalized spacial score (nSPS) is 10.5. The Hall–Kier alpha value is -3.14. The van der Waals surface area contributed by atoms with Crippen molar-refractivity contribution in [3.05, 3.63) is 59.7 Å². The predicted molar refractivity (Wildman–Crippen MR) is 113 cm³/mol. The zero-order valence-electron chi connectivity index (χ0n) is 17.3. The fourth-order valence-electron chi connectivity index (χ4n) is 3.38. The van der Waals surface area contributed by atoms with Gasteiger partial charge in [0, 0.05) is 11.1 Å².